The predicted octanol–water partition coefficient (Wildman–Crippen LogP) is 1.46. The fourth-order valence-corrected chi connectivity index (χ4v) is 2.14. The molecule has 19 heavy (non-hydrogen) atoms. The monoisotopic (exact) mass is 273 g/mol. The van der Waals surface area contributed by atoms with Gasteiger partial charge in [-0.1, -0.05) is 0 Å². The molecule has 0 radical (unpaired) electrons. The molecule has 5 nitrogen and oxygen atoms in total. The Hall–Kier alpha value is -0.650. The fraction of sp³-hybridized carbons (Fsp3) is 0.929. The van der Waals surface area contributed by atoms with Crippen molar-refractivity contribution in [1.29, 1.82) is 0 Å². The summed E-state index contributed by atoms with van der Waals surface area (Å²) in [4.78, 5) is 13.5. The summed E-state index contributed by atoms with van der Waals surface area (Å²) in [5.41, 5.74) is 0. The molecule has 5 heteroatoms. The smallest absolute Gasteiger partial charge is 0.306 e. The Morgan fingerprint density at radius 3 is 2.79 bits per heavy atom. The molecule has 0 N–H and O–H groups in total. The number of rotatable bonds is 9. The predicted molar refractivity (Wildman–Crippen MR) is 73.1 cm³/mol. The van der Waals surface area contributed by atoms with Gasteiger partial charge >= 0.3 is 5.97 Å². The number of ether oxygens (including phenoxy) is 3. The van der Waals surface area contributed by atoms with E-state index in [4.69, 9.17) is 9.47 Å². The molecule has 1 saturated heterocycles. The average molecular weight is 273 g/mol. The molecule has 0 bridgehead atoms. The van der Waals surface area contributed by atoms with Crippen LogP contribution in [0.2, 0.25) is 0 Å². The van der Waals surface area contributed by atoms with Crippen LogP contribution in [0.4, 0.5) is 0 Å². The largest absolute Gasteiger partial charge is 0.469 e. The molecule has 0 amide bonds. The molecule has 1 fully saturated rings. The van der Waals surface area contributed by atoms with E-state index >= 15 is 0 Å². The number of carbonyl (C=O) groups is 1. The van der Waals surface area contributed by atoms with Crippen molar-refractivity contribution in [2.24, 2.45) is 0 Å². The van der Waals surface area contributed by atoms with Crippen LogP contribution in [0, 0.1) is 0 Å². The van der Waals surface area contributed by atoms with Crippen molar-refractivity contribution >= 4 is 5.97 Å². The van der Waals surface area contributed by atoms with E-state index in [2.05, 4.69) is 9.64 Å². The second-order valence-corrected chi connectivity index (χ2v) is 5.18. The molecular formula is C14H27NO4. The van der Waals surface area contributed by atoms with Crippen molar-refractivity contribution in [3.05, 3.63) is 0 Å². The summed E-state index contributed by atoms with van der Waals surface area (Å²) in [5.74, 6) is -0.165. The molecule has 1 aliphatic heterocycles. The molecule has 0 saturated carbocycles. The van der Waals surface area contributed by atoms with Gasteiger partial charge < -0.3 is 14.2 Å². The maximum atomic E-state index is 11.2. The van der Waals surface area contributed by atoms with Crippen LogP contribution in [0.25, 0.3) is 0 Å². The first-order chi connectivity index (χ1) is 9.11. The van der Waals surface area contributed by atoms with E-state index < -0.39 is 0 Å². The van der Waals surface area contributed by atoms with Crippen LogP contribution < -0.4 is 0 Å². The van der Waals surface area contributed by atoms with E-state index in [1.165, 1.54) is 7.11 Å². The highest BCUT2D eigenvalue weighted by molar-refractivity contribution is 5.69. The number of nitrogens with zero attached hydrogens (tertiary/aromatic N) is 1. The summed E-state index contributed by atoms with van der Waals surface area (Å²) in [6.07, 6.45) is 3.21. The maximum absolute atomic E-state index is 11.2. The van der Waals surface area contributed by atoms with Crippen molar-refractivity contribution < 1.29 is 19.0 Å². The molecule has 1 unspecified atom stereocenters. The van der Waals surface area contributed by atoms with Gasteiger partial charge in [-0.15, -0.1) is 0 Å². The molecule has 112 valence electrons. The average Bonchev–Trinajstić information content (AvgIpc) is 2.87. The minimum absolute atomic E-state index is 0.165. The zero-order valence-corrected chi connectivity index (χ0v) is 12.4. The lowest BCUT2D eigenvalue weighted by Crippen LogP contribution is -2.36. The lowest BCUT2D eigenvalue weighted by molar-refractivity contribution is -0.141. The van der Waals surface area contributed by atoms with Crippen LogP contribution in [-0.2, 0) is 19.0 Å². The van der Waals surface area contributed by atoms with E-state index in [9.17, 15) is 4.79 Å². The molecule has 1 atom stereocenters. The van der Waals surface area contributed by atoms with Crippen LogP contribution in [0.3, 0.4) is 0 Å². The van der Waals surface area contributed by atoms with Crippen molar-refractivity contribution in [3.63, 3.8) is 0 Å². The van der Waals surface area contributed by atoms with Gasteiger partial charge in [-0.05, 0) is 26.7 Å². The van der Waals surface area contributed by atoms with Crippen LogP contribution >= 0.6 is 0 Å². The Morgan fingerprint density at radius 2 is 2.21 bits per heavy atom. The molecule has 0 aromatic carbocycles. The van der Waals surface area contributed by atoms with Gasteiger partial charge in [0.15, 0.2) is 0 Å². The van der Waals surface area contributed by atoms with Crippen molar-refractivity contribution in [2.45, 2.75) is 45.3 Å². The fourth-order valence-electron chi connectivity index (χ4n) is 2.14. The summed E-state index contributed by atoms with van der Waals surface area (Å²) < 4.78 is 15.9. The first-order valence-corrected chi connectivity index (χ1v) is 7.14. The molecule has 0 spiro atoms. The standard InChI is InChI=1S/C14H27NO4/c1-12(2)18-10-8-15(7-6-14(16)17-3)11-13-5-4-9-19-13/h12-13H,4-11H2,1-3H3. The summed E-state index contributed by atoms with van der Waals surface area (Å²) in [5, 5.41) is 0. The van der Waals surface area contributed by atoms with E-state index in [-0.39, 0.29) is 12.1 Å². The molecule has 0 aromatic heterocycles. The van der Waals surface area contributed by atoms with Crippen molar-refractivity contribution in [1.82, 2.24) is 4.90 Å². The van der Waals surface area contributed by atoms with Crippen molar-refractivity contribution in [3.8, 4) is 0 Å². The minimum Gasteiger partial charge on any atom is -0.469 e. The lowest BCUT2D eigenvalue weighted by atomic mass is 10.2. The van der Waals surface area contributed by atoms with Crippen molar-refractivity contribution in [2.75, 3.05) is 40.0 Å². The van der Waals surface area contributed by atoms with Crippen LogP contribution in [0.15, 0.2) is 0 Å². The van der Waals surface area contributed by atoms with Crippen LogP contribution in [0.5, 0.6) is 0 Å². The zero-order chi connectivity index (χ0) is 14.1. The number of carbonyl (C=O) groups excluding carboxylic acids is 1. The van der Waals surface area contributed by atoms with Gasteiger partial charge in [0.05, 0.1) is 32.3 Å². The second-order valence-electron chi connectivity index (χ2n) is 5.18. The highest BCUT2D eigenvalue weighted by Crippen LogP contribution is 2.13. The third-order valence-electron chi connectivity index (χ3n) is 3.20. The Kier molecular flexibility index (Phi) is 8.02. The number of hydrogen-bond donors (Lipinski definition) is 0. The Labute approximate surface area is 116 Å². The molecule has 1 rings (SSSR count). The van der Waals surface area contributed by atoms with E-state index in [0.29, 0.717) is 25.7 Å². The maximum Gasteiger partial charge on any atom is 0.306 e. The Morgan fingerprint density at radius 1 is 1.42 bits per heavy atom. The lowest BCUT2D eigenvalue weighted by Gasteiger charge is -2.25. The number of hydrogen-bond acceptors (Lipinski definition) is 5. The van der Waals surface area contributed by atoms with E-state index in [1.807, 2.05) is 13.8 Å². The zero-order valence-electron chi connectivity index (χ0n) is 12.4. The van der Waals surface area contributed by atoms with Gasteiger partial charge in [-0.2, -0.15) is 0 Å². The SMILES string of the molecule is COC(=O)CCN(CCOC(C)C)CC1CCCO1. The number of methoxy groups -OCH3 is 1. The highest BCUT2D eigenvalue weighted by Gasteiger charge is 2.19. The van der Waals surface area contributed by atoms with Gasteiger partial charge in [0, 0.05) is 26.2 Å². The second kappa shape index (κ2) is 9.28. The summed E-state index contributed by atoms with van der Waals surface area (Å²) in [6.45, 7) is 8.00. The molecule has 0 aromatic rings. The topological polar surface area (TPSA) is 48.0 Å². The van der Waals surface area contributed by atoms with Crippen LogP contribution in [-0.4, -0.2) is 63.0 Å². The molecule has 1 heterocycles. The summed E-state index contributed by atoms with van der Waals surface area (Å²) in [7, 11) is 1.43. The van der Waals surface area contributed by atoms with Gasteiger partial charge in [0.2, 0.25) is 0 Å². The normalized spacial score (nSPS) is 19.3. The van der Waals surface area contributed by atoms with E-state index in [0.717, 1.165) is 32.5 Å². The van der Waals surface area contributed by atoms with Gasteiger partial charge in [0.1, 0.15) is 0 Å². The Bertz CT molecular complexity index is 252. The minimum atomic E-state index is -0.165. The highest BCUT2D eigenvalue weighted by atomic mass is 16.5. The molecule has 0 aliphatic carbocycles. The van der Waals surface area contributed by atoms with Gasteiger partial charge in [-0.3, -0.25) is 9.69 Å². The third-order valence-corrected chi connectivity index (χ3v) is 3.20. The molecule has 1 aliphatic rings. The first kappa shape index (κ1) is 16.4. The quantitative estimate of drug-likeness (QED) is 0.595. The number of esters is 1. The van der Waals surface area contributed by atoms with Gasteiger partial charge in [-0.25, -0.2) is 0 Å². The summed E-state index contributed by atoms with van der Waals surface area (Å²) >= 11 is 0. The first-order valence-electron chi connectivity index (χ1n) is 7.14. The third kappa shape index (κ3) is 7.50. The van der Waals surface area contributed by atoms with Gasteiger partial charge in [0.25, 0.3) is 0 Å². The Balaban J connectivity index is 2.30. The van der Waals surface area contributed by atoms with E-state index in [1.54, 1.807) is 0 Å². The molecular weight excluding hydrogens is 246 g/mol. The summed E-state index contributed by atoms with van der Waals surface area (Å²) in [6, 6.07) is 0. The van der Waals surface area contributed by atoms with Crippen LogP contribution in [0.1, 0.15) is 33.1 Å².